The van der Waals surface area contributed by atoms with E-state index in [1.807, 2.05) is 0 Å². The van der Waals surface area contributed by atoms with Crippen molar-refractivity contribution in [2.24, 2.45) is 0 Å². The van der Waals surface area contributed by atoms with Crippen molar-refractivity contribution in [2.45, 2.75) is 226 Å². The van der Waals surface area contributed by atoms with E-state index in [1.54, 1.807) is 0 Å². The van der Waals surface area contributed by atoms with E-state index in [0.29, 0.717) is 19.3 Å². The van der Waals surface area contributed by atoms with Crippen molar-refractivity contribution in [2.75, 3.05) is 13.2 Å². The highest BCUT2D eigenvalue weighted by Gasteiger charge is 2.19. The van der Waals surface area contributed by atoms with E-state index in [2.05, 4.69) is 69.4 Å². The van der Waals surface area contributed by atoms with Crippen LogP contribution in [0.2, 0.25) is 0 Å². The lowest BCUT2D eigenvalue weighted by molar-refractivity contribution is -0.167. The van der Waals surface area contributed by atoms with E-state index in [0.717, 1.165) is 83.5 Å². The molecule has 0 aliphatic carbocycles. The van der Waals surface area contributed by atoms with Crippen molar-refractivity contribution in [1.82, 2.24) is 0 Å². The molecule has 0 saturated heterocycles. The van der Waals surface area contributed by atoms with Gasteiger partial charge in [0.25, 0.3) is 0 Å². The van der Waals surface area contributed by atoms with E-state index in [1.165, 1.54) is 89.9 Å². The zero-order valence-corrected chi connectivity index (χ0v) is 35.5. The maximum absolute atomic E-state index is 12.6. The predicted octanol–water partition coefficient (Wildman–Crippen LogP) is 14.4. The SMILES string of the molecule is CC/C=C\C/C=C\CCCCC(=O)OC(COC(=O)CCCCCCC/C=C\C=C/CCCCCCCCC)COC(=O)CCCCCCCCCCC. The van der Waals surface area contributed by atoms with Crippen molar-refractivity contribution < 1.29 is 28.6 Å². The molecular weight excluding hydrogens is 673 g/mol. The Hall–Kier alpha value is -2.63. The predicted molar refractivity (Wildman–Crippen MR) is 229 cm³/mol. The molecule has 0 N–H and O–H groups in total. The molecule has 0 aromatic heterocycles. The highest BCUT2D eigenvalue weighted by Crippen LogP contribution is 2.13. The number of ether oxygens (including phenoxy) is 3. The van der Waals surface area contributed by atoms with E-state index in [4.69, 9.17) is 14.2 Å². The number of esters is 3. The molecule has 0 aliphatic heterocycles. The Morgan fingerprint density at radius 2 is 0.778 bits per heavy atom. The van der Waals surface area contributed by atoms with Gasteiger partial charge in [0.2, 0.25) is 0 Å². The highest BCUT2D eigenvalue weighted by atomic mass is 16.6. The summed E-state index contributed by atoms with van der Waals surface area (Å²) < 4.78 is 16.6. The molecule has 0 bridgehead atoms. The normalized spacial score (nSPS) is 12.4. The van der Waals surface area contributed by atoms with Crippen LogP contribution < -0.4 is 0 Å². The van der Waals surface area contributed by atoms with Crippen molar-refractivity contribution in [1.29, 1.82) is 0 Å². The lowest BCUT2D eigenvalue weighted by atomic mass is 10.1. The first-order valence-corrected chi connectivity index (χ1v) is 22.7. The fourth-order valence-electron chi connectivity index (χ4n) is 6.17. The molecule has 0 saturated carbocycles. The molecule has 312 valence electrons. The van der Waals surface area contributed by atoms with Gasteiger partial charge in [0.05, 0.1) is 0 Å². The van der Waals surface area contributed by atoms with Crippen LogP contribution in [-0.4, -0.2) is 37.2 Å². The Labute approximate surface area is 333 Å². The molecule has 0 rings (SSSR count). The van der Waals surface area contributed by atoms with Gasteiger partial charge in [0.15, 0.2) is 6.10 Å². The smallest absolute Gasteiger partial charge is 0.306 e. The van der Waals surface area contributed by atoms with Crippen LogP contribution >= 0.6 is 0 Å². The lowest BCUT2D eigenvalue weighted by Gasteiger charge is -2.18. The maximum atomic E-state index is 12.6. The summed E-state index contributed by atoms with van der Waals surface area (Å²) in [7, 11) is 0. The van der Waals surface area contributed by atoms with Gasteiger partial charge in [-0.05, 0) is 70.6 Å². The second-order valence-electron chi connectivity index (χ2n) is 15.0. The summed E-state index contributed by atoms with van der Waals surface area (Å²) in [6.45, 7) is 6.43. The fraction of sp³-hybridized carbons (Fsp3) is 0.771. The number of hydrogen-bond acceptors (Lipinski definition) is 6. The summed E-state index contributed by atoms with van der Waals surface area (Å²) in [6, 6.07) is 0. The van der Waals surface area contributed by atoms with Crippen molar-refractivity contribution in [3.8, 4) is 0 Å². The third-order valence-corrected chi connectivity index (χ3v) is 9.60. The van der Waals surface area contributed by atoms with Crippen molar-refractivity contribution >= 4 is 17.9 Å². The average molecular weight is 757 g/mol. The Kier molecular flexibility index (Phi) is 41.0. The minimum absolute atomic E-state index is 0.0905. The largest absolute Gasteiger partial charge is 0.462 e. The van der Waals surface area contributed by atoms with Crippen LogP contribution in [0.5, 0.6) is 0 Å². The summed E-state index contributed by atoms with van der Waals surface area (Å²) in [5, 5.41) is 0. The number of hydrogen-bond donors (Lipinski definition) is 0. The lowest BCUT2D eigenvalue weighted by Crippen LogP contribution is -2.30. The molecule has 1 unspecified atom stereocenters. The molecule has 0 aromatic carbocycles. The van der Waals surface area contributed by atoms with Gasteiger partial charge in [-0.3, -0.25) is 14.4 Å². The molecule has 1 atom stereocenters. The molecule has 0 spiro atoms. The van der Waals surface area contributed by atoms with Crippen molar-refractivity contribution in [3.63, 3.8) is 0 Å². The first kappa shape index (κ1) is 51.4. The van der Waals surface area contributed by atoms with E-state index >= 15 is 0 Å². The number of unbranched alkanes of at least 4 members (excludes halogenated alkanes) is 22. The Morgan fingerprint density at radius 1 is 0.407 bits per heavy atom. The highest BCUT2D eigenvalue weighted by molar-refractivity contribution is 5.71. The second-order valence-corrected chi connectivity index (χ2v) is 15.0. The topological polar surface area (TPSA) is 78.9 Å². The molecule has 0 aromatic rings. The number of rotatable bonds is 40. The number of carbonyl (C=O) groups excluding carboxylic acids is 3. The van der Waals surface area contributed by atoms with Crippen LogP contribution in [0.25, 0.3) is 0 Å². The van der Waals surface area contributed by atoms with Gasteiger partial charge >= 0.3 is 17.9 Å². The van der Waals surface area contributed by atoms with Gasteiger partial charge in [-0.2, -0.15) is 0 Å². The van der Waals surface area contributed by atoms with Gasteiger partial charge in [0, 0.05) is 19.3 Å². The molecule has 0 heterocycles. The van der Waals surface area contributed by atoms with Gasteiger partial charge in [-0.1, -0.05) is 179 Å². The van der Waals surface area contributed by atoms with Crippen LogP contribution in [-0.2, 0) is 28.6 Å². The van der Waals surface area contributed by atoms with Crippen LogP contribution in [0, 0.1) is 0 Å². The molecule has 0 radical (unpaired) electrons. The number of carbonyl (C=O) groups is 3. The van der Waals surface area contributed by atoms with E-state index in [-0.39, 0.29) is 37.5 Å². The third-order valence-electron chi connectivity index (χ3n) is 9.60. The van der Waals surface area contributed by atoms with Crippen molar-refractivity contribution in [3.05, 3.63) is 48.6 Å². The maximum Gasteiger partial charge on any atom is 0.306 e. The summed E-state index contributed by atoms with van der Waals surface area (Å²) in [4.78, 5) is 37.6. The van der Waals surface area contributed by atoms with E-state index < -0.39 is 6.10 Å². The molecular formula is C48H84O6. The molecule has 6 nitrogen and oxygen atoms in total. The zero-order valence-electron chi connectivity index (χ0n) is 35.5. The average Bonchev–Trinajstić information content (AvgIpc) is 3.17. The monoisotopic (exact) mass is 757 g/mol. The van der Waals surface area contributed by atoms with Gasteiger partial charge in [-0.15, -0.1) is 0 Å². The van der Waals surface area contributed by atoms with E-state index in [9.17, 15) is 14.4 Å². The molecule has 0 fully saturated rings. The quantitative estimate of drug-likeness (QED) is 0.0204. The minimum atomic E-state index is -0.790. The van der Waals surface area contributed by atoms with Gasteiger partial charge in [0.1, 0.15) is 13.2 Å². The zero-order chi connectivity index (χ0) is 39.4. The summed E-state index contributed by atoms with van der Waals surface area (Å²) in [6.07, 6.45) is 49.7. The Balaban J connectivity index is 4.32. The molecule has 0 aliphatic rings. The first-order valence-electron chi connectivity index (χ1n) is 22.7. The first-order chi connectivity index (χ1) is 26.5. The van der Waals surface area contributed by atoms with Crippen LogP contribution in [0.1, 0.15) is 220 Å². The van der Waals surface area contributed by atoms with Crippen LogP contribution in [0.15, 0.2) is 48.6 Å². The second kappa shape index (κ2) is 43.1. The fourth-order valence-corrected chi connectivity index (χ4v) is 6.17. The Bertz CT molecular complexity index is 964. The van der Waals surface area contributed by atoms with Crippen LogP contribution in [0.3, 0.4) is 0 Å². The van der Waals surface area contributed by atoms with Gasteiger partial charge in [-0.25, -0.2) is 0 Å². The molecule has 6 heteroatoms. The standard InChI is InChI=1S/C48H84O6/c1-4-7-10-13-16-19-20-21-22-23-24-25-26-27-30-32-35-38-41-47(50)53-44-45(54-48(51)42-39-36-33-29-18-15-12-9-6-3)43-52-46(49)40-37-34-31-28-17-14-11-8-5-2/h9,12,18,22-25,29,45H,4-8,10-11,13-17,19-21,26-28,30-44H2,1-3H3/b12-9-,23-22-,25-24-,29-18-. The summed E-state index contributed by atoms with van der Waals surface area (Å²) >= 11 is 0. The molecule has 0 amide bonds. The minimum Gasteiger partial charge on any atom is -0.462 e. The summed E-state index contributed by atoms with van der Waals surface area (Å²) in [5.74, 6) is -0.948. The number of allylic oxidation sites excluding steroid dienone is 8. The Morgan fingerprint density at radius 3 is 1.26 bits per heavy atom. The van der Waals surface area contributed by atoms with Crippen LogP contribution in [0.4, 0.5) is 0 Å². The van der Waals surface area contributed by atoms with Gasteiger partial charge < -0.3 is 14.2 Å². The third kappa shape index (κ3) is 40.6. The summed E-state index contributed by atoms with van der Waals surface area (Å²) in [5.41, 5.74) is 0. The molecule has 54 heavy (non-hydrogen) atoms.